The number of nitrogens with zero attached hydrogens (tertiary/aromatic N) is 3. The third-order valence-electron chi connectivity index (χ3n) is 6.59. The largest absolute Gasteiger partial charge is 0.431 e. The van der Waals surface area contributed by atoms with Crippen LogP contribution in [0.4, 0.5) is 0 Å². The second-order valence-electron chi connectivity index (χ2n) is 9.64. The van der Waals surface area contributed by atoms with Crippen LogP contribution in [0.25, 0.3) is 22.7 Å². The van der Waals surface area contributed by atoms with Gasteiger partial charge in [0.2, 0.25) is 11.7 Å². The third-order valence-corrected chi connectivity index (χ3v) is 6.59. The Morgan fingerprint density at radius 2 is 1.83 bits per heavy atom. The predicted molar refractivity (Wildman–Crippen MR) is 136 cm³/mol. The van der Waals surface area contributed by atoms with Crippen LogP contribution in [-0.2, 0) is 6.54 Å². The molecule has 1 aliphatic carbocycles. The molecule has 9 nitrogen and oxygen atoms in total. The maximum absolute atomic E-state index is 13.0. The normalized spacial score (nSPS) is 15.1. The zero-order valence-corrected chi connectivity index (χ0v) is 21.3. The first-order chi connectivity index (χ1) is 17.3. The molecule has 0 bridgehead atoms. The summed E-state index contributed by atoms with van der Waals surface area (Å²) in [6.45, 7) is 7.93. The average molecular weight is 494 g/mol. The number of hydrogen-bond acceptors (Lipinski definition) is 6. The van der Waals surface area contributed by atoms with E-state index >= 15 is 0 Å². The van der Waals surface area contributed by atoms with Crippen molar-refractivity contribution in [1.82, 2.24) is 25.4 Å². The fourth-order valence-electron chi connectivity index (χ4n) is 4.20. The molecule has 1 aliphatic rings. The van der Waals surface area contributed by atoms with E-state index in [-0.39, 0.29) is 36.2 Å². The second kappa shape index (κ2) is 11.1. The van der Waals surface area contributed by atoms with Crippen molar-refractivity contribution >= 4 is 11.8 Å². The van der Waals surface area contributed by atoms with E-state index < -0.39 is 6.10 Å². The summed E-state index contributed by atoms with van der Waals surface area (Å²) in [5.74, 6) is 0.525. The first kappa shape index (κ1) is 25.6. The molecule has 9 heteroatoms. The summed E-state index contributed by atoms with van der Waals surface area (Å²) in [6.07, 6.45) is 4.72. The van der Waals surface area contributed by atoms with Gasteiger partial charge in [-0.25, -0.2) is 4.98 Å². The third kappa shape index (κ3) is 6.02. The summed E-state index contributed by atoms with van der Waals surface area (Å²) in [5, 5.41) is 20.6. The lowest BCUT2D eigenvalue weighted by Gasteiger charge is -2.14. The van der Waals surface area contributed by atoms with Gasteiger partial charge in [-0.3, -0.25) is 14.3 Å². The number of oxazole rings is 1. The lowest BCUT2D eigenvalue weighted by atomic mass is 10.1. The Kier molecular flexibility index (Phi) is 7.88. The second-order valence-corrected chi connectivity index (χ2v) is 9.64. The first-order valence-electron chi connectivity index (χ1n) is 12.7. The van der Waals surface area contributed by atoms with E-state index in [9.17, 15) is 14.7 Å². The Balaban J connectivity index is 1.57. The van der Waals surface area contributed by atoms with Crippen molar-refractivity contribution in [2.75, 3.05) is 0 Å². The van der Waals surface area contributed by atoms with Crippen LogP contribution in [0.1, 0.15) is 74.4 Å². The van der Waals surface area contributed by atoms with Gasteiger partial charge in [0.15, 0.2) is 0 Å². The minimum atomic E-state index is -0.659. The van der Waals surface area contributed by atoms with E-state index in [1.807, 2.05) is 45.0 Å². The van der Waals surface area contributed by atoms with E-state index in [0.717, 1.165) is 31.2 Å². The molecule has 2 atom stereocenters. The Morgan fingerprint density at radius 3 is 2.50 bits per heavy atom. The molecule has 2 unspecified atom stereocenters. The predicted octanol–water partition coefficient (Wildman–Crippen LogP) is 4.03. The van der Waals surface area contributed by atoms with Crippen LogP contribution in [0.15, 0.2) is 40.9 Å². The van der Waals surface area contributed by atoms with E-state index in [4.69, 9.17) is 4.42 Å². The number of carbonyl (C=O) groups is 2. The van der Waals surface area contributed by atoms with Gasteiger partial charge < -0.3 is 20.2 Å². The zero-order chi connectivity index (χ0) is 25.8. The average Bonchev–Trinajstić information content (AvgIpc) is 3.45. The summed E-state index contributed by atoms with van der Waals surface area (Å²) < 4.78 is 7.31. The maximum Gasteiger partial charge on any atom is 0.288 e. The number of rotatable bonds is 11. The molecule has 4 rings (SSSR count). The number of aromatic nitrogens is 3. The van der Waals surface area contributed by atoms with E-state index in [0.29, 0.717) is 28.8 Å². The highest BCUT2D eigenvalue weighted by atomic mass is 16.4. The van der Waals surface area contributed by atoms with Crippen molar-refractivity contribution in [3.8, 4) is 22.7 Å². The van der Waals surface area contributed by atoms with Crippen molar-refractivity contribution in [3.05, 3.63) is 48.0 Å². The Labute approximate surface area is 211 Å². The summed E-state index contributed by atoms with van der Waals surface area (Å²) >= 11 is 0. The minimum Gasteiger partial charge on any atom is -0.431 e. The van der Waals surface area contributed by atoms with Crippen LogP contribution in [-0.4, -0.2) is 49.9 Å². The SMILES string of the molecule is CCC(CC)NC(=O)c1cnc(-c2cccc(-c3cc(C(=O)NC(C)C4CC4)n(CC(C)O)n3)c2)o1. The van der Waals surface area contributed by atoms with Gasteiger partial charge in [0.05, 0.1) is 24.5 Å². The van der Waals surface area contributed by atoms with E-state index in [2.05, 4.69) is 20.7 Å². The molecular weight excluding hydrogens is 458 g/mol. The number of aliphatic hydroxyl groups excluding tert-OH is 1. The number of amides is 2. The lowest BCUT2D eigenvalue weighted by molar-refractivity contribution is 0.0903. The number of hydrogen-bond donors (Lipinski definition) is 3. The van der Waals surface area contributed by atoms with Gasteiger partial charge in [-0.15, -0.1) is 0 Å². The molecule has 1 saturated carbocycles. The number of carbonyl (C=O) groups excluding carboxylic acids is 2. The van der Waals surface area contributed by atoms with Crippen LogP contribution >= 0.6 is 0 Å². The molecule has 3 N–H and O–H groups in total. The van der Waals surface area contributed by atoms with Crippen molar-refractivity contribution in [3.63, 3.8) is 0 Å². The van der Waals surface area contributed by atoms with Crippen molar-refractivity contribution in [2.24, 2.45) is 5.92 Å². The van der Waals surface area contributed by atoms with Gasteiger partial charge in [0.1, 0.15) is 5.69 Å². The number of aliphatic hydroxyl groups is 1. The Morgan fingerprint density at radius 1 is 1.11 bits per heavy atom. The molecule has 36 heavy (non-hydrogen) atoms. The summed E-state index contributed by atoms with van der Waals surface area (Å²) in [7, 11) is 0. The Hall–Kier alpha value is -3.46. The van der Waals surface area contributed by atoms with Gasteiger partial charge >= 0.3 is 0 Å². The molecule has 0 aliphatic heterocycles. The van der Waals surface area contributed by atoms with Crippen LogP contribution in [0, 0.1) is 5.92 Å². The molecule has 2 amide bonds. The molecule has 0 radical (unpaired) electrons. The van der Waals surface area contributed by atoms with Gasteiger partial charge in [-0.1, -0.05) is 26.0 Å². The van der Waals surface area contributed by atoms with Crippen LogP contribution in [0.3, 0.4) is 0 Å². The standard InChI is InChI=1S/C27H35N5O4/c1-5-21(6-2)30-26(35)24-14-28-27(36-24)20-9-7-8-19(12-20)22-13-23(32(31-22)15-16(3)33)25(34)29-17(4)18-10-11-18/h7-9,12-14,16-18,21,33H,5-6,10-11,15H2,1-4H3,(H,29,34)(H,30,35). The maximum atomic E-state index is 13.0. The van der Waals surface area contributed by atoms with Crippen molar-refractivity contribution in [1.29, 1.82) is 0 Å². The minimum absolute atomic E-state index is 0.0878. The number of nitrogens with one attached hydrogen (secondary N) is 2. The molecule has 0 spiro atoms. The Bertz CT molecular complexity index is 1210. The lowest BCUT2D eigenvalue weighted by Crippen LogP contribution is -2.35. The van der Waals surface area contributed by atoms with Crippen LogP contribution in [0.5, 0.6) is 0 Å². The van der Waals surface area contributed by atoms with E-state index in [1.54, 1.807) is 17.7 Å². The number of benzene rings is 1. The monoisotopic (exact) mass is 493 g/mol. The smallest absolute Gasteiger partial charge is 0.288 e. The fraction of sp³-hybridized carbons (Fsp3) is 0.481. The van der Waals surface area contributed by atoms with Crippen molar-refractivity contribution in [2.45, 2.75) is 78.1 Å². The molecule has 1 aromatic carbocycles. The molecule has 2 aromatic heterocycles. The molecule has 2 heterocycles. The van der Waals surface area contributed by atoms with Gasteiger partial charge in [-0.05, 0) is 63.6 Å². The van der Waals surface area contributed by atoms with Crippen molar-refractivity contribution < 1.29 is 19.1 Å². The molecule has 1 fully saturated rings. The molecule has 192 valence electrons. The molecule has 0 saturated heterocycles. The van der Waals surface area contributed by atoms with E-state index in [1.165, 1.54) is 6.20 Å². The molecular formula is C27H35N5O4. The van der Waals surface area contributed by atoms with Crippen LogP contribution in [0.2, 0.25) is 0 Å². The summed E-state index contributed by atoms with van der Waals surface area (Å²) in [4.78, 5) is 29.8. The highest BCUT2D eigenvalue weighted by Gasteiger charge is 2.30. The van der Waals surface area contributed by atoms with Gasteiger partial charge in [-0.2, -0.15) is 5.10 Å². The highest BCUT2D eigenvalue weighted by Crippen LogP contribution is 2.32. The van der Waals surface area contributed by atoms with Crippen LogP contribution < -0.4 is 10.6 Å². The molecule has 3 aromatic rings. The van der Waals surface area contributed by atoms with Gasteiger partial charge in [0.25, 0.3) is 11.8 Å². The first-order valence-corrected chi connectivity index (χ1v) is 12.7. The fourth-order valence-corrected chi connectivity index (χ4v) is 4.20. The summed E-state index contributed by atoms with van der Waals surface area (Å²) in [5.41, 5.74) is 2.45. The quantitative estimate of drug-likeness (QED) is 0.371. The highest BCUT2D eigenvalue weighted by molar-refractivity contribution is 5.94. The topological polar surface area (TPSA) is 122 Å². The summed E-state index contributed by atoms with van der Waals surface area (Å²) in [6, 6.07) is 9.36. The van der Waals surface area contributed by atoms with Gasteiger partial charge in [0, 0.05) is 23.2 Å². The zero-order valence-electron chi connectivity index (χ0n) is 21.3.